The molecule has 0 aromatic rings. The standard InChI is InChI=1S/C9H18O2.C5H6O4.C4H6O5/c1-4-6-7-9(3,5-2)8(10)11;6-4(7)2-1-3-5(8)9;5-3(6)1-9-2-4(7)8/h4-7H2,1-3H3,(H,10,11);1-2H,3H2,(H,6,7)(H,8,9);1-2H2,(H,5,6)(H,7,8). The van der Waals surface area contributed by atoms with Crippen LogP contribution in [0.1, 0.15) is 52.9 Å². The number of unbranched alkanes of at least 4 members (excludes halogenated alkanes) is 1. The number of carboxylic acid groups (broad SMARTS) is 5. The predicted octanol–water partition coefficient (Wildman–Crippen LogP) is 1.95. The molecule has 0 heterocycles. The number of ether oxygens (including phenoxy) is 1. The second-order valence-electron chi connectivity index (χ2n) is 5.94. The van der Waals surface area contributed by atoms with Crippen molar-refractivity contribution in [1.82, 2.24) is 0 Å². The van der Waals surface area contributed by atoms with Crippen LogP contribution in [0.25, 0.3) is 0 Å². The van der Waals surface area contributed by atoms with E-state index in [9.17, 15) is 24.0 Å². The van der Waals surface area contributed by atoms with Crippen LogP contribution in [0.3, 0.4) is 0 Å². The molecule has 11 heteroatoms. The molecule has 0 aliphatic carbocycles. The Morgan fingerprint density at radius 3 is 1.62 bits per heavy atom. The van der Waals surface area contributed by atoms with Crippen LogP contribution < -0.4 is 0 Å². The number of hydrogen-bond acceptors (Lipinski definition) is 6. The van der Waals surface area contributed by atoms with Gasteiger partial charge in [0.2, 0.25) is 0 Å². The number of carbonyl (C=O) groups is 5. The van der Waals surface area contributed by atoms with E-state index in [1.807, 2.05) is 13.8 Å². The molecule has 0 fully saturated rings. The Kier molecular flexibility index (Phi) is 19.5. The molecular formula is C18H30O11. The molecule has 0 aliphatic rings. The lowest BCUT2D eigenvalue weighted by atomic mass is 9.82. The van der Waals surface area contributed by atoms with E-state index in [0.29, 0.717) is 0 Å². The Morgan fingerprint density at radius 2 is 1.34 bits per heavy atom. The third kappa shape index (κ3) is 25.1. The first-order valence-electron chi connectivity index (χ1n) is 8.68. The fourth-order valence-electron chi connectivity index (χ4n) is 1.49. The summed E-state index contributed by atoms with van der Waals surface area (Å²) in [5.41, 5.74) is -0.490. The van der Waals surface area contributed by atoms with Gasteiger partial charge in [-0.1, -0.05) is 32.8 Å². The van der Waals surface area contributed by atoms with Gasteiger partial charge in [-0.3, -0.25) is 9.59 Å². The molecule has 0 saturated heterocycles. The highest BCUT2D eigenvalue weighted by molar-refractivity contribution is 5.81. The lowest BCUT2D eigenvalue weighted by molar-refractivity contribution is -0.149. The van der Waals surface area contributed by atoms with Crippen molar-refractivity contribution in [2.75, 3.05) is 13.2 Å². The molecule has 0 rings (SSSR count). The quantitative estimate of drug-likeness (QED) is 0.288. The summed E-state index contributed by atoms with van der Waals surface area (Å²) >= 11 is 0. The Labute approximate surface area is 168 Å². The van der Waals surface area contributed by atoms with E-state index in [0.717, 1.165) is 37.8 Å². The second-order valence-corrected chi connectivity index (χ2v) is 5.94. The van der Waals surface area contributed by atoms with Crippen molar-refractivity contribution >= 4 is 29.8 Å². The maximum absolute atomic E-state index is 10.8. The van der Waals surface area contributed by atoms with Crippen molar-refractivity contribution in [2.45, 2.75) is 52.9 Å². The largest absolute Gasteiger partial charge is 0.481 e. The number of hydrogen-bond donors (Lipinski definition) is 5. The van der Waals surface area contributed by atoms with Crippen LogP contribution in [0.5, 0.6) is 0 Å². The summed E-state index contributed by atoms with van der Waals surface area (Å²) in [4.78, 5) is 49.5. The van der Waals surface area contributed by atoms with Crippen molar-refractivity contribution in [3.8, 4) is 0 Å². The van der Waals surface area contributed by atoms with Gasteiger partial charge in [-0.05, 0) is 19.8 Å². The number of carboxylic acids is 5. The fraction of sp³-hybridized carbons (Fsp3) is 0.611. The summed E-state index contributed by atoms with van der Waals surface area (Å²) in [6.07, 6.45) is 5.24. The van der Waals surface area contributed by atoms with Crippen LogP contribution in [0, 0.1) is 5.41 Å². The zero-order chi connectivity index (χ0) is 23.5. The van der Waals surface area contributed by atoms with E-state index < -0.39 is 48.5 Å². The molecule has 1 atom stereocenters. The molecule has 0 aromatic carbocycles. The van der Waals surface area contributed by atoms with Gasteiger partial charge in [-0.15, -0.1) is 0 Å². The number of rotatable bonds is 12. The van der Waals surface area contributed by atoms with Gasteiger partial charge >= 0.3 is 29.8 Å². The van der Waals surface area contributed by atoms with Crippen molar-refractivity contribution in [3.05, 3.63) is 12.2 Å². The van der Waals surface area contributed by atoms with Crippen LogP contribution in [0.4, 0.5) is 0 Å². The van der Waals surface area contributed by atoms with Gasteiger partial charge in [0, 0.05) is 6.08 Å². The first kappa shape index (κ1) is 30.8. The molecule has 0 amide bonds. The third-order valence-corrected chi connectivity index (χ3v) is 3.38. The summed E-state index contributed by atoms with van der Waals surface area (Å²) in [7, 11) is 0. The molecule has 0 spiro atoms. The van der Waals surface area contributed by atoms with Crippen molar-refractivity contribution in [2.24, 2.45) is 5.41 Å². The summed E-state index contributed by atoms with van der Waals surface area (Å²) in [6, 6.07) is 0. The molecule has 5 N–H and O–H groups in total. The van der Waals surface area contributed by atoms with Gasteiger partial charge in [0.25, 0.3) is 0 Å². The van der Waals surface area contributed by atoms with E-state index >= 15 is 0 Å². The van der Waals surface area contributed by atoms with E-state index in [2.05, 4.69) is 11.7 Å². The molecular weight excluding hydrogens is 392 g/mol. The summed E-state index contributed by atoms with van der Waals surface area (Å²) in [6.45, 7) is 4.71. The van der Waals surface area contributed by atoms with Gasteiger partial charge in [0.15, 0.2) is 0 Å². The van der Waals surface area contributed by atoms with Gasteiger partial charge in [-0.25, -0.2) is 14.4 Å². The summed E-state index contributed by atoms with van der Waals surface area (Å²) in [5, 5.41) is 40.6. The molecule has 0 saturated carbocycles. The van der Waals surface area contributed by atoms with E-state index in [1.54, 1.807) is 0 Å². The van der Waals surface area contributed by atoms with Gasteiger partial charge in [0.05, 0.1) is 11.8 Å². The van der Waals surface area contributed by atoms with Crippen LogP contribution >= 0.6 is 0 Å². The van der Waals surface area contributed by atoms with Crippen LogP contribution in [-0.4, -0.2) is 68.6 Å². The molecule has 1 unspecified atom stereocenters. The van der Waals surface area contributed by atoms with Crippen LogP contribution in [-0.2, 0) is 28.7 Å². The normalized spacial score (nSPS) is 11.8. The molecule has 11 nitrogen and oxygen atoms in total. The van der Waals surface area contributed by atoms with Gasteiger partial charge < -0.3 is 30.3 Å². The van der Waals surface area contributed by atoms with E-state index in [4.69, 9.17) is 25.5 Å². The van der Waals surface area contributed by atoms with Crippen LogP contribution in [0.2, 0.25) is 0 Å². The predicted molar refractivity (Wildman–Crippen MR) is 101 cm³/mol. The lowest BCUT2D eigenvalue weighted by Crippen LogP contribution is -2.26. The molecule has 0 aliphatic heterocycles. The average Bonchev–Trinajstić information content (AvgIpc) is 2.59. The smallest absolute Gasteiger partial charge is 0.329 e. The Hall–Kier alpha value is -2.95. The SMILES string of the molecule is CCCCC(C)(CC)C(=O)O.O=C(O)C=CCC(=O)O.O=C(O)COCC(=O)O. The highest BCUT2D eigenvalue weighted by Gasteiger charge is 2.29. The molecule has 0 aromatic heterocycles. The Morgan fingerprint density at radius 1 is 0.862 bits per heavy atom. The van der Waals surface area contributed by atoms with Gasteiger partial charge in [0.1, 0.15) is 13.2 Å². The minimum atomic E-state index is -1.17. The summed E-state index contributed by atoms with van der Waals surface area (Å²) in [5.74, 6) is -5.16. The second kappa shape index (κ2) is 18.4. The highest BCUT2D eigenvalue weighted by Crippen LogP contribution is 2.27. The lowest BCUT2D eigenvalue weighted by Gasteiger charge is -2.22. The molecule has 29 heavy (non-hydrogen) atoms. The van der Waals surface area contributed by atoms with E-state index in [-0.39, 0.29) is 6.42 Å². The Bertz CT molecular complexity index is 540. The zero-order valence-electron chi connectivity index (χ0n) is 16.8. The van der Waals surface area contributed by atoms with Crippen molar-refractivity contribution in [1.29, 1.82) is 0 Å². The zero-order valence-corrected chi connectivity index (χ0v) is 16.8. The maximum atomic E-state index is 10.8. The fourth-order valence-corrected chi connectivity index (χ4v) is 1.49. The van der Waals surface area contributed by atoms with Crippen molar-refractivity contribution < 1.29 is 54.2 Å². The monoisotopic (exact) mass is 422 g/mol. The molecule has 168 valence electrons. The highest BCUT2D eigenvalue weighted by atomic mass is 16.5. The topological polar surface area (TPSA) is 196 Å². The summed E-state index contributed by atoms with van der Waals surface area (Å²) < 4.78 is 4.16. The third-order valence-electron chi connectivity index (χ3n) is 3.38. The van der Waals surface area contributed by atoms with E-state index in [1.165, 1.54) is 0 Å². The Balaban J connectivity index is -0.000000352. The molecule has 0 radical (unpaired) electrons. The first-order valence-corrected chi connectivity index (χ1v) is 8.68. The van der Waals surface area contributed by atoms with Gasteiger partial charge in [-0.2, -0.15) is 0 Å². The molecule has 0 bridgehead atoms. The number of aliphatic carboxylic acids is 5. The van der Waals surface area contributed by atoms with Crippen molar-refractivity contribution in [3.63, 3.8) is 0 Å². The maximum Gasteiger partial charge on any atom is 0.329 e. The average molecular weight is 422 g/mol. The minimum absolute atomic E-state index is 0.244. The first-order chi connectivity index (χ1) is 13.3. The van der Waals surface area contributed by atoms with Crippen LogP contribution in [0.15, 0.2) is 12.2 Å². The minimum Gasteiger partial charge on any atom is -0.481 e.